The number of ether oxygens (including phenoxy) is 2. The molecule has 0 aliphatic heterocycles. The Labute approximate surface area is 141 Å². The molecule has 0 heterocycles. The number of amides is 1. The van der Waals surface area contributed by atoms with Gasteiger partial charge in [-0.15, -0.1) is 0 Å². The van der Waals surface area contributed by atoms with Crippen LogP contribution in [-0.4, -0.2) is 25.1 Å². The lowest BCUT2D eigenvalue weighted by Gasteiger charge is -2.11. The van der Waals surface area contributed by atoms with Crippen molar-refractivity contribution in [1.29, 1.82) is 0 Å². The van der Waals surface area contributed by atoms with Crippen LogP contribution in [-0.2, 0) is 6.54 Å². The van der Waals surface area contributed by atoms with Crippen molar-refractivity contribution in [2.24, 2.45) is 0 Å². The number of methoxy groups -OCH3 is 2. The van der Waals surface area contributed by atoms with Crippen LogP contribution in [0.25, 0.3) is 0 Å². The maximum Gasteiger partial charge on any atom is 0.286 e. The van der Waals surface area contributed by atoms with Crippen LogP contribution in [0.1, 0.15) is 15.9 Å². The minimum Gasteiger partial charge on any atom is -0.493 e. The van der Waals surface area contributed by atoms with Gasteiger partial charge in [0.05, 0.1) is 25.2 Å². The predicted octanol–water partition coefficient (Wildman–Crippen LogP) is 2.82. The third-order valence-corrected chi connectivity index (χ3v) is 3.32. The van der Waals surface area contributed by atoms with E-state index in [0.717, 1.165) is 18.2 Å². The highest BCUT2D eigenvalue weighted by atomic mass is 19.1. The van der Waals surface area contributed by atoms with Crippen LogP contribution in [0.15, 0.2) is 30.3 Å². The summed E-state index contributed by atoms with van der Waals surface area (Å²) in [5.74, 6) is -2.15. The largest absolute Gasteiger partial charge is 0.493 e. The quantitative estimate of drug-likeness (QED) is 0.638. The molecule has 1 amide bonds. The van der Waals surface area contributed by atoms with Crippen LogP contribution in [0, 0.1) is 21.7 Å². The van der Waals surface area contributed by atoms with Crippen molar-refractivity contribution >= 4 is 11.6 Å². The van der Waals surface area contributed by atoms with Gasteiger partial charge in [-0.2, -0.15) is 0 Å². The lowest BCUT2D eigenvalue weighted by Crippen LogP contribution is -2.24. The number of halogens is 2. The second kappa shape index (κ2) is 7.56. The molecule has 0 fully saturated rings. The number of nitrogens with one attached hydrogen (secondary N) is 1. The third kappa shape index (κ3) is 4.19. The van der Waals surface area contributed by atoms with E-state index in [1.54, 1.807) is 0 Å². The fourth-order valence-corrected chi connectivity index (χ4v) is 2.19. The molecule has 2 aromatic carbocycles. The van der Waals surface area contributed by atoms with Gasteiger partial charge in [0.25, 0.3) is 11.6 Å². The number of nitro groups is 1. The number of nitro benzene ring substituents is 1. The summed E-state index contributed by atoms with van der Waals surface area (Å²) in [5, 5.41) is 13.6. The minimum absolute atomic E-state index is 0.0953. The molecule has 2 rings (SSSR count). The van der Waals surface area contributed by atoms with Crippen molar-refractivity contribution in [2.75, 3.05) is 14.2 Å². The molecule has 0 radical (unpaired) electrons. The molecule has 0 aliphatic rings. The summed E-state index contributed by atoms with van der Waals surface area (Å²) in [4.78, 5) is 22.7. The summed E-state index contributed by atoms with van der Waals surface area (Å²) in [6.45, 7) is -0.209. The molecule has 25 heavy (non-hydrogen) atoms. The first-order valence-corrected chi connectivity index (χ1v) is 6.99. The molecule has 0 atom stereocenters. The van der Waals surface area contributed by atoms with Gasteiger partial charge in [0, 0.05) is 18.7 Å². The standard InChI is InChI=1S/C16H14F2N2O5/c1-24-14-6-12(13(20(22)23)7-15(14)25-2)16(21)19-8-9-3-10(17)5-11(18)4-9/h3-7H,8H2,1-2H3,(H,19,21). The van der Waals surface area contributed by atoms with Crippen LogP contribution < -0.4 is 14.8 Å². The van der Waals surface area contributed by atoms with Gasteiger partial charge in [0.2, 0.25) is 0 Å². The van der Waals surface area contributed by atoms with Gasteiger partial charge in [-0.05, 0) is 17.7 Å². The maximum absolute atomic E-state index is 13.2. The Bertz CT molecular complexity index is 806. The summed E-state index contributed by atoms with van der Waals surface area (Å²) in [6.07, 6.45) is 0. The molecule has 7 nitrogen and oxygen atoms in total. The van der Waals surface area contributed by atoms with Crippen LogP contribution in [0.5, 0.6) is 11.5 Å². The summed E-state index contributed by atoms with van der Waals surface area (Å²) in [6, 6.07) is 5.03. The Hall–Kier alpha value is -3.23. The topological polar surface area (TPSA) is 90.7 Å². The van der Waals surface area contributed by atoms with Gasteiger partial charge >= 0.3 is 0 Å². The van der Waals surface area contributed by atoms with Crippen molar-refractivity contribution < 1.29 is 28.0 Å². The Morgan fingerprint density at radius 1 is 1.08 bits per heavy atom. The predicted molar refractivity (Wildman–Crippen MR) is 83.7 cm³/mol. The van der Waals surface area contributed by atoms with Gasteiger partial charge in [-0.25, -0.2) is 8.78 Å². The zero-order chi connectivity index (χ0) is 18.6. The van der Waals surface area contributed by atoms with Gasteiger partial charge in [-0.1, -0.05) is 0 Å². The molecule has 2 aromatic rings. The Balaban J connectivity index is 2.29. The highest BCUT2D eigenvalue weighted by Crippen LogP contribution is 2.34. The first kappa shape index (κ1) is 18.1. The molecule has 0 saturated heterocycles. The minimum atomic E-state index is -0.794. The first-order valence-electron chi connectivity index (χ1n) is 6.99. The number of benzene rings is 2. The van der Waals surface area contributed by atoms with E-state index in [0.29, 0.717) is 6.07 Å². The Kier molecular flexibility index (Phi) is 5.48. The summed E-state index contributed by atoms with van der Waals surface area (Å²) >= 11 is 0. The van der Waals surface area contributed by atoms with Crippen molar-refractivity contribution in [2.45, 2.75) is 6.54 Å². The molecular weight excluding hydrogens is 338 g/mol. The van der Waals surface area contributed by atoms with Crippen molar-refractivity contribution in [3.8, 4) is 11.5 Å². The monoisotopic (exact) mass is 352 g/mol. The van der Waals surface area contributed by atoms with Gasteiger partial charge in [0.15, 0.2) is 11.5 Å². The van der Waals surface area contributed by atoms with E-state index >= 15 is 0 Å². The molecule has 0 spiro atoms. The number of hydrogen-bond donors (Lipinski definition) is 1. The molecule has 0 saturated carbocycles. The van der Waals surface area contributed by atoms with E-state index in [2.05, 4.69) is 5.32 Å². The fourth-order valence-electron chi connectivity index (χ4n) is 2.19. The second-order valence-corrected chi connectivity index (χ2v) is 4.94. The molecule has 0 aromatic heterocycles. The lowest BCUT2D eigenvalue weighted by molar-refractivity contribution is -0.385. The summed E-state index contributed by atoms with van der Waals surface area (Å²) in [7, 11) is 2.63. The summed E-state index contributed by atoms with van der Waals surface area (Å²) in [5.41, 5.74) is -0.575. The molecule has 0 aliphatic carbocycles. The maximum atomic E-state index is 13.2. The van der Waals surface area contributed by atoms with Crippen LogP contribution in [0.4, 0.5) is 14.5 Å². The SMILES string of the molecule is COc1cc(C(=O)NCc2cc(F)cc(F)c2)c([N+](=O)[O-])cc1OC. The summed E-state index contributed by atoms with van der Waals surface area (Å²) < 4.78 is 36.3. The van der Waals surface area contributed by atoms with Crippen LogP contribution in [0.2, 0.25) is 0 Å². The number of rotatable bonds is 6. The van der Waals surface area contributed by atoms with E-state index in [1.807, 2.05) is 0 Å². The molecule has 1 N–H and O–H groups in total. The number of hydrogen-bond acceptors (Lipinski definition) is 5. The van der Waals surface area contributed by atoms with Gasteiger partial charge < -0.3 is 14.8 Å². The third-order valence-electron chi connectivity index (χ3n) is 3.32. The van der Waals surface area contributed by atoms with Crippen molar-refractivity contribution in [3.05, 3.63) is 63.2 Å². The van der Waals surface area contributed by atoms with Crippen LogP contribution >= 0.6 is 0 Å². The molecular formula is C16H14F2N2O5. The molecule has 0 unspecified atom stereocenters. The smallest absolute Gasteiger partial charge is 0.286 e. The number of carbonyl (C=O) groups excluding carboxylic acids is 1. The average molecular weight is 352 g/mol. The van der Waals surface area contributed by atoms with E-state index < -0.39 is 28.2 Å². The fraction of sp³-hybridized carbons (Fsp3) is 0.188. The number of carbonyl (C=O) groups is 1. The highest BCUT2D eigenvalue weighted by Gasteiger charge is 2.24. The normalized spacial score (nSPS) is 10.2. The highest BCUT2D eigenvalue weighted by molar-refractivity contribution is 5.99. The van der Waals surface area contributed by atoms with E-state index in [-0.39, 0.29) is 29.2 Å². The lowest BCUT2D eigenvalue weighted by atomic mass is 10.1. The molecule has 9 heteroatoms. The first-order chi connectivity index (χ1) is 11.8. The zero-order valence-electron chi connectivity index (χ0n) is 13.3. The second-order valence-electron chi connectivity index (χ2n) is 4.94. The van der Waals surface area contributed by atoms with Gasteiger partial charge in [-0.3, -0.25) is 14.9 Å². The average Bonchev–Trinajstić information content (AvgIpc) is 2.57. The van der Waals surface area contributed by atoms with Crippen LogP contribution in [0.3, 0.4) is 0 Å². The molecule has 132 valence electrons. The van der Waals surface area contributed by atoms with E-state index in [1.165, 1.54) is 20.3 Å². The van der Waals surface area contributed by atoms with Crippen molar-refractivity contribution in [3.63, 3.8) is 0 Å². The Morgan fingerprint density at radius 3 is 2.16 bits per heavy atom. The Morgan fingerprint density at radius 2 is 1.64 bits per heavy atom. The van der Waals surface area contributed by atoms with Gasteiger partial charge in [0.1, 0.15) is 17.2 Å². The number of nitrogens with zero attached hydrogens (tertiary/aromatic N) is 1. The van der Waals surface area contributed by atoms with E-state index in [4.69, 9.17) is 9.47 Å². The molecule has 0 bridgehead atoms. The zero-order valence-corrected chi connectivity index (χ0v) is 13.3. The van der Waals surface area contributed by atoms with Crippen molar-refractivity contribution in [1.82, 2.24) is 5.32 Å². The van der Waals surface area contributed by atoms with E-state index in [9.17, 15) is 23.7 Å².